The highest BCUT2D eigenvalue weighted by molar-refractivity contribution is 5.60. The summed E-state index contributed by atoms with van der Waals surface area (Å²) in [6, 6.07) is 10.0. The summed E-state index contributed by atoms with van der Waals surface area (Å²) >= 11 is 0. The molecule has 0 fully saturated rings. The van der Waals surface area contributed by atoms with Crippen LogP contribution in [0.5, 0.6) is 5.75 Å². The number of aryl methyl sites for hydroxylation is 1. The number of halogens is 4. The molecule has 0 amide bonds. The standard InChI is InChI=1S/C20H14F4N4O2/c1-28-17(11-29-15-8-4-13(5-9-15)20(22,23)24)16(10-25-28)19-26-18(27-30-19)12-2-6-14(21)7-3-12/h2-10H,11H2,1H3. The molecular weight excluding hydrogens is 404 g/mol. The molecule has 0 N–H and O–H groups in total. The summed E-state index contributed by atoms with van der Waals surface area (Å²) in [5, 5.41) is 8.06. The van der Waals surface area contributed by atoms with Crippen LogP contribution in [-0.2, 0) is 19.8 Å². The maximum absolute atomic E-state index is 13.1. The van der Waals surface area contributed by atoms with Gasteiger partial charge in [-0.05, 0) is 48.5 Å². The van der Waals surface area contributed by atoms with E-state index in [1.807, 2.05) is 0 Å². The molecule has 0 spiro atoms. The van der Waals surface area contributed by atoms with E-state index in [1.54, 1.807) is 11.7 Å². The molecule has 0 radical (unpaired) electrons. The molecule has 0 unspecified atom stereocenters. The molecule has 0 bridgehead atoms. The molecule has 2 aromatic heterocycles. The number of ether oxygens (including phenoxy) is 1. The molecule has 0 aliphatic rings. The summed E-state index contributed by atoms with van der Waals surface area (Å²) in [5.74, 6) is 0.363. The van der Waals surface area contributed by atoms with Gasteiger partial charge in [-0.2, -0.15) is 23.3 Å². The first-order valence-electron chi connectivity index (χ1n) is 8.72. The van der Waals surface area contributed by atoms with E-state index in [4.69, 9.17) is 9.26 Å². The number of hydrogen-bond donors (Lipinski definition) is 0. The lowest BCUT2D eigenvalue weighted by molar-refractivity contribution is -0.137. The van der Waals surface area contributed by atoms with Gasteiger partial charge in [-0.1, -0.05) is 5.16 Å². The fraction of sp³-hybridized carbons (Fsp3) is 0.150. The lowest BCUT2D eigenvalue weighted by Crippen LogP contribution is -2.06. The average Bonchev–Trinajstić information content (AvgIpc) is 3.33. The Hall–Kier alpha value is -3.69. The van der Waals surface area contributed by atoms with Crippen LogP contribution in [0.15, 0.2) is 59.3 Å². The molecule has 0 aliphatic carbocycles. The van der Waals surface area contributed by atoms with Gasteiger partial charge < -0.3 is 9.26 Å². The topological polar surface area (TPSA) is 66.0 Å². The second-order valence-corrected chi connectivity index (χ2v) is 6.37. The van der Waals surface area contributed by atoms with E-state index in [-0.39, 0.29) is 29.9 Å². The van der Waals surface area contributed by atoms with Gasteiger partial charge in [-0.3, -0.25) is 4.68 Å². The Morgan fingerprint density at radius 2 is 1.73 bits per heavy atom. The molecule has 2 heterocycles. The number of benzene rings is 2. The van der Waals surface area contributed by atoms with Crippen molar-refractivity contribution in [1.29, 1.82) is 0 Å². The minimum atomic E-state index is -4.41. The Morgan fingerprint density at radius 1 is 1.03 bits per heavy atom. The summed E-state index contributed by atoms with van der Waals surface area (Å²) < 4.78 is 63.6. The van der Waals surface area contributed by atoms with Crippen LogP contribution in [0, 0.1) is 5.82 Å². The second kappa shape index (κ2) is 7.62. The number of rotatable bonds is 5. The lowest BCUT2D eigenvalue weighted by Gasteiger charge is -2.10. The molecule has 6 nitrogen and oxygen atoms in total. The highest BCUT2D eigenvalue weighted by atomic mass is 19.4. The molecule has 4 rings (SSSR count). The fourth-order valence-electron chi connectivity index (χ4n) is 2.75. The van der Waals surface area contributed by atoms with Gasteiger partial charge in [0.15, 0.2) is 0 Å². The first-order valence-corrected chi connectivity index (χ1v) is 8.72. The summed E-state index contributed by atoms with van der Waals surface area (Å²) in [6.07, 6.45) is -2.89. The number of aromatic nitrogens is 4. The predicted molar refractivity (Wildman–Crippen MR) is 97.7 cm³/mol. The third-order valence-electron chi connectivity index (χ3n) is 4.38. The van der Waals surface area contributed by atoms with Crippen molar-refractivity contribution in [3.8, 4) is 28.6 Å². The van der Waals surface area contributed by atoms with Gasteiger partial charge >= 0.3 is 6.18 Å². The van der Waals surface area contributed by atoms with Crippen LogP contribution in [0.1, 0.15) is 11.3 Å². The molecule has 2 aromatic carbocycles. The molecule has 0 aliphatic heterocycles. The van der Waals surface area contributed by atoms with Crippen molar-refractivity contribution in [2.45, 2.75) is 12.8 Å². The number of hydrogen-bond acceptors (Lipinski definition) is 5. The Labute approximate surface area is 167 Å². The van der Waals surface area contributed by atoms with E-state index in [2.05, 4.69) is 15.2 Å². The van der Waals surface area contributed by atoms with E-state index in [1.165, 1.54) is 42.6 Å². The number of alkyl halides is 3. The quantitative estimate of drug-likeness (QED) is 0.433. The van der Waals surface area contributed by atoms with Crippen LogP contribution in [0.4, 0.5) is 17.6 Å². The monoisotopic (exact) mass is 418 g/mol. The Kier molecular flexibility index (Phi) is 4.98. The van der Waals surface area contributed by atoms with Gasteiger partial charge in [0.2, 0.25) is 5.82 Å². The normalized spacial score (nSPS) is 11.6. The molecule has 0 atom stereocenters. The molecule has 30 heavy (non-hydrogen) atoms. The zero-order chi connectivity index (χ0) is 21.3. The third-order valence-corrected chi connectivity index (χ3v) is 4.38. The van der Waals surface area contributed by atoms with Crippen molar-refractivity contribution >= 4 is 0 Å². The zero-order valence-corrected chi connectivity index (χ0v) is 15.5. The van der Waals surface area contributed by atoms with Crippen molar-refractivity contribution in [3.63, 3.8) is 0 Å². The van der Waals surface area contributed by atoms with Crippen LogP contribution >= 0.6 is 0 Å². The van der Waals surface area contributed by atoms with Gasteiger partial charge in [-0.25, -0.2) is 4.39 Å². The minimum Gasteiger partial charge on any atom is -0.487 e. The largest absolute Gasteiger partial charge is 0.487 e. The SMILES string of the molecule is Cn1ncc(-c2nc(-c3ccc(F)cc3)no2)c1COc1ccc(C(F)(F)F)cc1. The van der Waals surface area contributed by atoms with Crippen molar-refractivity contribution in [3.05, 3.63) is 71.8 Å². The zero-order valence-electron chi connectivity index (χ0n) is 15.5. The van der Waals surface area contributed by atoms with Gasteiger partial charge in [0.1, 0.15) is 18.2 Å². The summed E-state index contributed by atoms with van der Waals surface area (Å²) in [7, 11) is 1.69. The van der Waals surface area contributed by atoms with Gasteiger partial charge in [0.05, 0.1) is 23.0 Å². The summed E-state index contributed by atoms with van der Waals surface area (Å²) in [6.45, 7) is 0.0193. The molecular formula is C20H14F4N4O2. The average molecular weight is 418 g/mol. The van der Waals surface area contributed by atoms with Gasteiger partial charge in [-0.15, -0.1) is 0 Å². The van der Waals surface area contributed by atoms with Crippen LogP contribution in [0.3, 0.4) is 0 Å². The van der Waals surface area contributed by atoms with E-state index in [9.17, 15) is 17.6 Å². The van der Waals surface area contributed by atoms with Crippen molar-refractivity contribution in [2.24, 2.45) is 7.05 Å². The van der Waals surface area contributed by atoms with Crippen LogP contribution in [-0.4, -0.2) is 19.9 Å². The molecule has 154 valence electrons. The van der Waals surface area contributed by atoms with Crippen molar-refractivity contribution < 1.29 is 26.8 Å². The second-order valence-electron chi connectivity index (χ2n) is 6.37. The first-order chi connectivity index (χ1) is 14.3. The van der Waals surface area contributed by atoms with E-state index in [0.29, 0.717) is 16.8 Å². The molecule has 0 saturated heterocycles. The summed E-state index contributed by atoms with van der Waals surface area (Å²) in [5.41, 5.74) is 0.933. The van der Waals surface area contributed by atoms with Crippen molar-refractivity contribution in [2.75, 3.05) is 0 Å². The van der Waals surface area contributed by atoms with Crippen LogP contribution in [0.25, 0.3) is 22.8 Å². The van der Waals surface area contributed by atoms with Crippen LogP contribution in [0.2, 0.25) is 0 Å². The summed E-state index contributed by atoms with van der Waals surface area (Å²) in [4.78, 5) is 4.31. The Morgan fingerprint density at radius 3 is 2.40 bits per heavy atom. The maximum atomic E-state index is 13.1. The lowest BCUT2D eigenvalue weighted by atomic mass is 10.2. The number of nitrogens with zero attached hydrogens (tertiary/aromatic N) is 4. The smallest absolute Gasteiger partial charge is 0.416 e. The molecule has 10 heteroatoms. The van der Waals surface area contributed by atoms with E-state index in [0.717, 1.165) is 12.1 Å². The Bertz CT molecular complexity index is 1150. The highest BCUT2D eigenvalue weighted by Gasteiger charge is 2.30. The van der Waals surface area contributed by atoms with Gasteiger partial charge in [0.25, 0.3) is 5.89 Å². The molecule has 4 aromatic rings. The highest BCUT2D eigenvalue weighted by Crippen LogP contribution is 2.31. The Balaban J connectivity index is 1.53. The maximum Gasteiger partial charge on any atom is 0.416 e. The van der Waals surface area contributed by atoms with Gasteiger partial charge in [0, 0.05) is 12.6 Å². The predicted octanol–water partition coefficient (Wildman–Crippen LogP) is 4.87. The fourth-order valence-corrected chi connectivity index (χ4v) is 2.75. The first kappa shape index (κ1) is 19.6. The van der Waals surface area contributed by atoms with E-state index >= 15 is 0 Å². The molecule has 0 saturated carbocycles. The van der Waals surface area contributed by atoms with Crippen molar-refractivity contribution in [1.82, 2.24) is 19.9 Å². The third kappa shape index (κ3) is 4.02. The minimum absolute atomic E-state index is 0.0193. The van der Waals surface area contributed by atoms with Crippen LogP contribution < -0.4 is 4.74 Å². The van der Waals surface area contributed by atoms with E-state index < -0.39 is 11.7 Å².